The maximum absolute atomic E-state index is 4.41. The summed E-state index contributed by atoms with van der Waals surface area (Å²) in [5.74, 6) is 1.91. The van der Waals surface area contributed by atoms with Crippen LogP contribution in [0.15, 0.2) is 36.8 Å². The van der Waals surface area contributed by atoms with E-state index in [9.17, 15) is 0 Å². The van der Waals surface area contributed by atoms with Crippen LogP contribution < -0.4 is 0 Å². The standard InChI is InChI=1S/C16H20N6/c1-12-7-18-15(20-12)10-22(9-14-5-3-4-6-17-14)11-16-19-8-13(2)21-16/h3-8H,9-11H2,1-2H3,(H,18,20)(H,19,21). The minimum Gasteiger partial charge on any atom is -0.345 e. The molecule has 0 saturated carbocycles. The zero-order valence-corrected chi connectivity index (χ0v) is 12.9. The van der Waals surface area contributed by atoms with Gasteiger partial charge in [-0.25, -0.2) is 9.97 Å². The molecule has 3 aromatic heterocycles. The lowest BCUT2D eigenvalue weighted by molar-refractivity contribution is 0.233. The van der Waals surface area contributed by atoms with Gasteiger partial charge in [0.2, 0.25) is 0 Å². The minimum absolute atomic E-state index is 0.726. The largest absolute Gasteiger partial charge is 0.345 e. The van der Waals surface area contributed by atoms with Crippen LogP contribution in [0.1, 0.15) is 28.7 Å². The highest BCUT2D eigenvalue weighted by atomic mass is 15.2. The van der Waals surface area contributed by atoms with E-state index in [0.29, 0.717) is 0 Å². The Hall–Kier alpha value is -2.47. The molecule has 22 heavy (non-hydrogen) atoms. The second kappa shape index (κ2) is 6.53. The number of nitrogens with zero attached hydrogens (tertiary/aromatic N) is 4. The summed E-state index contributed by atoms with van der Waals surface area (Å²) >= 11 is 0. The van der Waals surface area contributed by atoms with Gasteiger partial charge in [-0.05, 0) is 26.0 Å². The quantitative estimate of drug-likeness (QED) is 0.732. The summed E-state index contributed by atoms with van der Waals surface area (Å²) < 4.78 is 0. The summed E-state index contributed by atoms with van der Waals surface area (Å²) in [5.41, 5.74) is 3.18. The zero-order valence-electron chi connectivity index (χ0n) is 12.9. The van der Waals surface area contributed by atoms with E-state index in [0.717, 1.165) is 48.4 Å². The van der Waals surface area contributed by atoms with E-state index in [2.05, 4.69) is 29.8 Å². The predicted molar refractivity (Wildman–Crippen MR) is 83.8 cm³/mol. The number of imidazole rings is 2. The van der Waals surface area contributed by atoms with Crippen molar-refractivity contribution in [3.05, 3.63) is 65.5 Å². The predicted octanol–water partition coefficient (Wildman–Crippen LogP) is 2.35. The minimum atomic E-state index is 0.726. The SMILES string of the molecule is Cc1cnc(CN(Cc2ccccn2)Cc2ncc(C)[nH]2)[nH]1. The molecule has 2 N–H and O–H groups in total. The first-order valence-corrected chi connectivity index (χ1v) is 7.32. The lowest BCUT2D eigenvalue weighted by atomic mass is 10.3. The molecule has 0 bridgehead atoms. The Morgan fingerprint density at radius 2 is 1.50 bits per heavy atom. The molecule has 3 heterocycles. The van der Waals surface area contributed by atoms with Crippen molar-refractivity contribution in [2.75, 3.05) is 0 Å². The van der Waals surface area contributed by atoms with Crippen LogP contribution in [0.2, 0.25) is 0 Å². The summed E-state index contributed by atoms with van der Waals surface area (Å²) in [6.45, 7) is 6.22. The van der Waals surface area contributed by atoms with Gasteiger partial charge in [-0.1, -0.05) is 6.07 Å². The van der Waals surface area contributed by atoms with Crippen LogP contribution >= 0.6 is 0 Å². The Balaban J connectivity index is 1.75. The van der Waals surface area contributed by atoms with Gasteiger partial charge in [-0.15, -0.1) is 0 Å². The van der Waals surface area contributed by atoms with Crippen molar-refractivity contribution in [3.63, 3.8) is 0 Å². The third kappa shape index (κ3) is 3.79. The molecule has 3 aromatic rings. The molecular weight excluding hydrogens is 276 g/mol. The van der Waals surface area contributed by atoms with Crippen molar-refractivity contribution < 1.29 is 0 Å². The molecule has 0 saturated heterocycles. The smallest absolute Gasteiger partial charge is 0.120 e. The lowest BCUT2D eigenvalue weighted by Crippen LogP contribution is -2.24. The zero-order chi connectivity index (χ0) is 15.4. The molecule has 0 aromatic carbocycles. The van der Waals surface area contributed by atoms with Crippen molar-refractivity contribution in [2.45, 2.75) is 33.5 Å². The van der Waals surface area contributed by atoms with Crippen LogP contribution in [-0.2, 0) is 19.6 Å². The number of hydrogen-bond acceptors (Lipinski definition) is 4. The Morgan fingerprint density at radius 3 is 1.95 bits per heavy atom. The Morgan fingerprint density at radius 1 is 0.864 bits per heavy atom. The molecule has 0 unspecified atom stereocenters. The molecule has 3 rings (SSSR count). The molecule has 0 aliphatic heterocycles. The van der Waals surface area contributed by atoms with Crippen molar-refractivity contribution in [2.24, 2.45) is 0 Å². The highest BCUT2D eigenvalue weighted by molar-refractivity contribution is 5.05. The molecule has 114 valence electrons. The van der Waals surface area contributed by atoms with Gasteiger partial charge in [0.25, 0.3) is 0 Å². The first-order chi connectivity index (χ1) is 10.7. The summed E-state index contributed by atoms with van der Waals surface area (Å²) in [7, 11) is 0. The van der Waals surface area contributed by atoms with Crippen LogP contribution in [-0.4, -0.2) is 29.8 Å². The average Bonchev–Trinajstić information content (AvgIpc) is 3.09. The van der Waals surface area contributed by atoms with E-state index in [1.807, 2.05) is 50.6 Å². The molecule has 0 aliphatic rings. The molecule has 6 heteroatoms. The van der Waals surface area contributed by atoms with E-state index in [-0.39, 0.29) is 0 Å². The number of H-pyrrole nitrogens is 2. The second-order valence-electron chi connectivity index (χ2n) is 5.49. The van der Waals surface area contributed by atoms with Gasteiger partial charge in [0, 0.05) is 36.5 Å². The molecule has 6 nitrogen and oxygen atoms in total. The van der Waals surface area contributed by atoms with Gasteiger partial charge < -0.3 is 9.97 Å². The number of aryl methyl sites for hydroxylation is 2. The second-order valence-corrected chi connectivity index (χ2v) is 5.49. The molecular formula is C16H20N6. The van der Waals surface area contributed by atoms with E-state index < -0.39 is 0 Å². The Bertz CT molecular complexity index is 673. The number of hydrogen-bond donors (Lipinski definition) is 2. The Labute approximate surface area is 129 Å². The molecule has 0 fully saturated rings. The lowest BCUT2D eigenvalue weighted by Gasteiger charge is -2.19. The van der Waals surface area contributed by atoms with Crippen molar-refractivity contribution in [3.8, 4) is 0 Å². The molecule has 0 amide bonds. The molecule has 0 atom stereocenters. The molecule has 0 aliphatic carbocycles. The molecule has 0 radical (unpaired) electrons. The van der Waals surface area contributed by atoms with Crippen molar-refractivity contribution in [1.82, 2.24) is 29.8 Å². The van der Waals surface area contributed by atoms with Gasteiger partial charge in [-0.3, -0.25) is 9.88 Å². The number of pyridine rings is 1. The van der Waals surface area contributed by atoms with Gasteiger partial charge in [-0.2, -0.15) is 0 Å². The normalized spacial score (nSPS) is 11.2. The highest BCUT2D eigenvalue weighted by Gasteiger charge is 2.12. The van der Waals surface area contributed by atoms with Crippen LogP contribution in [0.4, 0.5) is 0 Å². The maximum atomic E-state index is 4.41. The number of aromatic amines is 2. The monoisotopic (exact) mass is 296 g/mol. The number of aromatic nitrogens is 5. The van der Waals surface area contributed by atoms with Gasteiger partial charge in [0.1, 0.15) is 11.6 Å². The van der Waals surface area contributed by atoms with Crippen molar-refractivity contribution in [1.29, 1.82) is 0 Å². The topological polar surface area (TPSA) is 73.5 Å². The van der Waals surface area contributed by atoms with Gasteiger partial charge in [0.05, 0.1) is 18.8 Å². The van der Waals surface area contributed by atoms with E-state index >= 15 is 0 Å². The van der Waals surface area contributed by atoms with E-state index in [1.165, 1.54) is 0 Å². The van der Waals surface area contributed by atoms with E-state index in [4.69, 9.17) is 0 Å². The van der Waals surface area contributed by atoms with E-state index in [1.54, 1.807) is 0 Å². The summed E-state index contributed by atoms with van der Waals surface area (Å²) in [5, 5.41) is 0. The number of nitrogens with one attached hydrogen (secondary N) is 2. The highest BCUT2D eigenvalue weighted by Crippen LogP contribution is 2.10. The average molecular weight is 296 g/mol. The third-order valence-electron chi connectivity index (χ3n) is 3.37. The van der Waals surface area contributed by atoms with Crippen LogP contribution in [0.5, 0.6) is 0 Å². The maximum Gasteiger partial charge on any atom is 0.120 e. The fourth-order valence-corrected chi connectivity index (χ4v) is 2.41. The van der Waals surface area contributed by atoms with Gasteiger partial charge >= 0.3 is 0 Å². The Kier molecular flexibility index (Phi) is 4.29. The van der Waals surface area contributed by atoms with Crippen LogP contribution in [0, 0.1) is 13.8 Å². The van der Waals surface area contributed by atoms with Crippen LogP contribution in [0.25, 0.3) is 0 Å². The third-order valence-corrected chi connectivity index (χ3v) is 3.37. The summed E-state index contributed by atoms with van der Waals surface area (Å²) in [4.78, 5) is 22.0. The molecule has 0 spiro atoms. The number of rotatable bonds is 6. The summed E-state index contributed by atoms with van der Waals surface area (Å²) in [6.07, 6.45) is 5.53. The first-order valence-electron chi connectivity index (χ1n) is 7.32. The van der Waals surface area contributed by atoms with Gasteiger partial charge in [0.15, 0.2) is 0 Å². The van der Waals surface area contributed by atoms with Crippen molar-refractivity contribution >= 4 is 0 Å². The summed E-state index contributed by atoms with van der Waals surface area (Å²) in [6, 6.07) is 5.97. The van der Waals surface area contributed by atoms with Crippen LogP contribution in [0.3, 0.4) is 0 Å². The fourth-order valence-electron chi connectivity index (χ4n) is 2.41. The fraction of sp³-hybridized carbons (Fsp3) is 0.312. The first kappa shape index (κ1) is 14.5.